The first-order valence-corrected chi connectivity index (χ1v) is 7.25. The lowest BCUT2D eigenvalue weighted by Gasteiger charge is -2.26. The number of anilines is 1. The molecule has 1 aromatic rings. The van der Waals surface area contributed by atoms with Gasteiger partial charge in [-0.05, 0) is 60.1 Å². The van der Waals surface area contributed by atoms with Gasteiger partial charge in [-0.1, -0.05) is 6.42 Å². The van der Waals surface area contributed by atoms with Gasteiger partial charge in [0.05, 0.1) is 5.56 Å². The number of piperidine rings is 1. The van der Waals surface area contributed by atoms with Gasteiger partial charge in [0.1, 0.15) is 6.07 Å². The van der Waals surface area contributed by atoms with Crippen molar-refractivity contribution < 1.29 is 0 Å². The zero-order valence-electron chi connectivity index (χ0n) is 10.5. The largest absolute Gasteiger partial charge is 0.384 e. The van der Waals surface area contributed by atoms with Gasteiger partial charge in [-0.15, -0.1) is 0 Å². The lowest BCUT2D eigenvalue weighted by molar-refractivity contribution is 0.237. The number of hydrogen-bond donors (Lipinski definition) is 1. The number of nitrogens with one attached hydrogen (secondary N) is 1. The SMILES string of the molecule is N#Cc1ccc(NCCN2CCCCC2)cc1Br. The summed E-state index contributed by atoms with van der Waals surface area (Å²) in [7, 11) is 0. The molecule has 1 N–H and O–H groups in total. The van der Waals surface area contributed by atoms with E-state index >= 15 is 0 Å². The normalized spacial score (nSPS) is 16.2. The summed E-state index contributed by atoms with van der Waals surface area (Å²) in [5.74, 6) is 0. The Hall–Kier alpha value is -1.05. The summed E-state index contributed by atoms with van der Waals surface area (Å²) in [5.41, 5.74) is 1.74. The van der Waals surface area contributed by atoms with Gasteiger partial charge in [-0.25, -0.2) is 0 Å². The number of rotatable bonds is 4. The molecule has 0 atom stereocenters. The van der Waals surface area contributed by atoms with Crippen LogP contribution in [-0.2, 0) is 0 Å². The van der Waals surface area contributed by atoms with E-state index in [0.717, 1.165) is 23.2 Å². The van der Waals surface area contributed by atoms with E-state index in [1.807, 2.05) is 18.2 Å². The summed E-state index contributed by atoms with van der Waals surface area (Å²) in [5, 5.41) is 12.3. The van der Waals surface area contributed by atoms with Crippen molar-refractivity contribution in [2.24, 2.45) is 0 Å². The fourth-order valence-corrected chi connectivity index (χ4v) is 2.72. The second kappa shape index (κ2) is 6.77. The van der Waals surface area contributed by atoms with Crippen molar-refractivity contribution in [1.82, 2.24) is 4.90 Å². The fourth-order valence-electron chi connectivity index (χ4n) is 2.26. The van der Waals surface area contributed by atoms with Gasteiger partial charge in [0.25, 0.3) is 0 Å². The molecule has 1 saturated heterocycles. The number of benzene rings is 1. The molecule has 1 aromatic carbocycles. The molecule has 96 valence electrons. The molecule has 1 aliphatic rings. The van der Waals surface area contributed by atoms with Crippen molar-refractivity contribution >= 4 is 21.6 Å². The van der Waals surface area contributed by atoms with Gasteiger partial charge < -0.3 is 10.2 Å². The highest BCUT2D eigenvalue weighted by Crippen LogP contribution is 2.20. The maximum absolute atomic E-state index is 8.85. The molecule has 4 heteroatoms. The van der Waals surface area contributed by atoms with Crippen molar-refractivity contribution in [2.75, 3.05) is 31.5 Å². The van der Waals surface area contributed by atoms with Crippen LogP contribution >= 0.6 is 15.9 Å². The van der Waals surface area contributed by atoms with Crippen molar-refractivity contribution in [2.45, 2.75) is 19.3 Å². The van der Waals surface area contributed by atoms with Crippen LogP contribution < -0.4 is 5.32 Å². The number of nitrogens with zero attached hydrogens (tertiary/aromatic N) is 2. The Balaban J connectivity index is 1.79. The third-order valence-electron chi connectivity index (χ3n) is 3.30. The molecule has 1 aliphatic heterocycles. The Morgan fingerprint density at radius 2 is 2.06 bits per heavy atom. The van der Waals surface area contributed by atoms with E-state index < -0.39 is 0 Å². The van der Waals surface area contributed by atoms with E-state index in [0.29, 0.717) is 5.56 Å². The van der Waals surface area contributed by atoms with E-state index in [9.17, 15) is 0 Å². The Labute approximate surface area is 117 Å². The smallest absolute Gasteiger partial charge is 0.100 e. The first-order chi connectivity index (χ1) is 8.79. The molecule has 0 aromatic heterocycles. The van der Waals surface area contributed by atoms with Crippen LogP contribution in [0.1, 0.15) is 24.8 Å². The van der Waals surface area contributed by atoms with E-state index in [4.69, 9.17) is 5.26 Å². The van der Waals surface area contributed by atoms with Gasteiger partial charge in [-0.3, -0.25) is 0 Å². The highest BCUT2D eigenvalue weighted by molar-refractivity contribution is 9.10. The third kappa shape index (κ3) is 3.72. The summed E-state index contributed by atoms with van der Waals surface area (Å²) >= 11 is 3.40. The first-order valence-electron chi connectivity index (χ1n) is 6.45. The second-order valence-corrected chi connectivity index (χ2v) is 5.49. The van der Waals surface area contributed by atoms with Crippen molar-refractivity contribution in [3.63, 3.8) is 0 Å². The molecule has 0 saturated carbocycles. The number of halogens is 1. The van der Waals surface area contributed by atoms with Crippen LogP contribution in [0.3, 0.4) is 0 Å². The highest BCUT2D eigenvalue weighted by atomic mass is 79.9. The molecule has 0 amide bonds. The Morgan fingerprint density at radius 1 is 1.28 bits per heavy atom. The minimum atomic E-state index is 0.677. The van der Waals surface area contributed by atoms with Crippen LogP contribution in [-0.4, -0.2) is 31.1 Å². The summed E-state index contributed by atoms with van der Waals surface area (Å²) in [6, 6.07) is 7.91. The standard InChI is InChI=1S/C14H18BrN3/c15-14-10-13(5-4-12(14)11-16)17-6-9-18-7-2-1-3-8-18/h4-5,10,17H,1-3,6-9H2. The third-order valence-corrected chi connectivity index (χ3v) is 3.95. The maximum Gasteiger partial charge on any atom is 0.100 e. The quantitative estimate of drug-likeness (QED) is 0.928. The topological polar surface area (TPSA) is 39.1 Å². The van der Waals surface area contributed by atoms with E-state index in [1.165, 1.54) is 32.4 Å². The van der Waals surface area contributed by atoms with Gasteiger partial charge in [0.15, 0.2) is 0 Å². The number of likely N-dealkylation sites (tertiary alicyclic amines) is 1. The average Bonchev–Trinajstić information content (AvgIpc) is 2.40. The Kier molecular flexibility index (Phi) is 5.03. The van der Waals surface area contributed by atoms with Crippen LogP contribution in [0.25, 0.3) is 0 Å². The molecule has 0 spiro atoms. The van der Waals surface area contributed by atoms with Crippen LogP contribution in [0.15, 0.2) is 22.7 Å². The molecule has 0 aliphatic carbocycles. The van der Waals surface area contributed by atoms with Gasteiger partial charge in [-0.2, -0.15) is 5.26 Å². The molecule has 0 radical (unpaired) electrons. The lowest BCUT2D eigenvalue weighted by atomic mass is 10.1. The molecule has 18 heavy (non-hydrogen) atoms. The molecular formula is C14H18BrN3. The zero-order chi connectivity index (χ0) is 12.8. The summed E-state index contributed by atoms with van der Waals surface area (Å²) < 4.78 is 0.855. The van der Waals surface area contributed by atoms with Crippen LogP contribution in [0.2, 0.25) is 0 Å². The monoisotopic (exact) mass is 307 g/mol. The van der Waals surface area contributed by atoms with E-state index in [-0.39, 0.29) is 0 Å². The number of nitriles is 1. The van der Waals surface area contributed by atoms with Gasteiger partial charge in [0, 0.05) is 23.2 Å². The predicted octanol–water partition coefficient (Wildman–Crippen LogP) is 3.22. The van der Waals surface area contributed by atoms with Crippen molar-refractivity contribution in [1.29, 1.82) is 5.26 Å². The zero-order valence-corrected chi connectivity index (χ0v) is 12.0. The van der Waals surface area contributed by atoms with E-state index in [2.05, 4.69) is 32.2 Å². The van der Waals surface area contributed by atoms with Crippen molar-refractivity contribution in [3.05, 3.63) is 28.2 Å². The fraction of sp³-hybridized carbons (Fsp3) is 0.500. The Morgan fingerprint density at radius 3 is 2.72 bits per heavy atom. The number of hydrogen-bond acceptors (Lipinski definition) is 3. The lowest BCUT2D eigenvalue weighted by Crippen LogP contribution is -2.33. The molecule has 1 heterocycles. The van der Waals surface area contributed by atoms with E-state index in [1.54, 1.807) is 0 Å². The molecule has 0 bridgehead atoms. The highest BCUT2D eigenvalue weighted by Gasteiger charge is 2.09. The van der Waals surface area contributed by atoms with Crippen LogP contribution in [0.4, 0.5) is 5.69 Å². The molecule has 0 unspecified atom stereocenters. The second-order valence-electron chi connectivity index (χ2n) is 4.64. The average molecular weight is 308 g/mol. The first kappa shape index (κ1) is 13.4. The maximum atomic E-state index is 8.85. The van der Waals surface area contributed by atoms with Crippen LogP contribution in [0, 0.1) is 11.3 Å². The summed E-state index contributed by atoms with van der Waals surface area (Å²) in [6.45, 7) is 4.52. The molecule has 1 fully saturated rings. The summed E-state index contributed by atoms with van der Waals surface area (Å²) in [4.78, 5) is 2.51. The molecular weight excluding hydrogens is 290 g/mol. The Bertz CT molecular complexity index is 433. The van der Waals surface area contributed by atoms with Gasteiger partial charge in [0.2, 0.25) is 0 Å². The van der Waals surface area contributed by atoms with Crippen molar-refractivity contribution in [3.8, 4) is 6.07 Å². The minimum absolute atomic E-state index is 0.677. The molecule has 2 rings (SSSR count). The molecule has 3 nitrogen and oxygen atoms in total. The predicted molar refractivity (Wildman–Crippen MR) is 77.6 cm³/mol. The minimum Gasteiger partial charge on any atom is -0.384 e. The van der Waals surface area contributed by atoms with Gasteiger partial charge >= 0.3 is 0 Å². The summed E-state index contributed by atoms with van der Waals surface area (Å²) in [6.07, 6.45) is 4.05. The van der Waals surface area contributed by atoms with Crippen LogP contribution in [0.5, 0.6) is 0 Å².